The summed E-state index contributed by atoms with van der Waals surface area (Å²) < 4.78 is 5.70. The van der Waals surface area contributed by atoms with Crippen LogP contribution in [0.25, 0.3) is 0 Å². The normalized spacial score (nSPS) is 19.5. The number of amides is 2. The molecule has 1 aromatic carbocycles. The minimum Gasteiger partial charge on any atom is -0.493 e. The van der Waals surface area contributed by atoms with E-state index in [1.807, 2.05) is 29.0 Å². The Morgan fingerprint density at radius 1 is 1.18 bits per heavy atom. The summed E-state index contributed by atoms with van der Waals surface area (Å²) in [4.78, 5) is 38.6. The van der Waals surface area contributed by atoms with Gasteiger partial charge < -0.3 is 19.9 Å². The van der Waals surface area contributed by atoms with Gasteiger partial charge in [0, 0.05) is 32.6 Å². The van der Waals surface area contributed by atoms with Crippen molar-refractivity contribution in [3.8, 4) is 5.75 Å². The molecule has 0 spiro atoms. The van der Waals surface area contributed by atoms with Crippen LogP contribution in [0.15, 0.2) is 18.2 Å². The van der Waals surface area contributed by atoms with E-state index >= 15 is 0 Å². The number of rotatable bonds is 4. The molecule has 0 bridgehead atoms. The molecule has 33 heavy (non-hydrogen) atoms. The van der Waals surface area contributed by atoms with E-state index in [1.54, 1.807) is 6.92 Å². The van der Waals surface area contributed by atoms with E-state index in [4.69, 9.17) is 14.7 Å². The lowest BCUT2D eigenvalue weighted by molar-refractivity contribution is -0.131. The topological polar surface area (TPSA) is 87.7 Å². The number of aryl methyl sites for hydroxylation is 1. The zero-order chi connectivity index (χ0) is 22.9. The number of hydrogen-bond acceptors (Lipinski definition) is 6. The number of ether oxygens (including phenoxy) is 1. The summed E-state index contributed by atoms with van der Waals surface area (Å²) in [7, 11) is 1.86. The van der Waals surface area contributed by atoms with Gasteiger partial charge in [-0.25, -0.2) is 9.97 Å². The molecule has 1 aromatic heterocycles. The Bertz CT molecular complexity index is 1090. The first-order valence-electron chi connectivity index (χ1n) is 11.9. The first-order valence-corrected chi connectivity index (χ1v) is 11.9. The fourth-order valence-corrected chi connectivity index (χ4v) is 5.24. The van der Waals surface area contributed by atoms with Crippen LogP contribution in [0.3, 0.4) is 0 Å². The minimum atomic E-state index is -0.0938. The van der Waals surface area contributed by atoms with Gasteiger partial charge in [0.1, 0.15) is 11.6 Å². The summed E-state index contributed by atoms with van der Waals surface area (Å²) in [6.45, 7) is 4.23. The maximum absolute atomic E-state index is 13.2. The fourth-order valence-electron chi connectivity index (χ4n) is 5.24. The second-order valence-electron chi connectivity index (χ2n) is 9.11. The average Bonchev–Trinajstić information content (AvgIpc) is 3.33. The number of benzene rings is 1. The minimum absolute atomic E-state index is 0.0529. The van der Waals surface area contributed by atoms with Crippen LogP contribution in [0.4, 0.5) is 5.82 Å². The first kappa shape index (κ1) is 21.7. The van der Waals surface area contributed by atoms with Crippen molar-refractivity contribution in [2.75, 3.05) is 32.1 Å². The third kappa shape index (κ3) is 4.26. The number of anilines is 1. The molecule has 3 aliphatic rings. The second-order valence-corrected chi connectivity index (χ2v) is 9.11. The number of nitrogens with one attached hydrogen (secondary N) is 1. The first-order chi connectivity index (χ1) is 16.0. The van der Waals surface area contributed by atoms with Crippen LogP contribution >= 0.6 is 0 Å². The molecular weight excluding hydrogens is 418 g/mol. The van der Waals surface area contributed by atoms with Crippen LogP contribution in [0.5, 0.6) is 5.75 Å². The molecule has 2 aromatic rings. The Morgan fingerprint density at radius 2 is 2.06 bits per heavy atom. The van der Waals surface area contributed by atoms with Gasteiger partial charge >= 0.3 is 0 Å². The molecule has 4 heterocycles. The van der Waals surface area contributed by atoms with Crippen LogP contribution in [0, 0.1) is 0 Å². The number of carbonyl (C=O) groups is 2. The molecule has 8 nitrogen and oxygen atoms in total. The third-order valence-corrected chi connectivity index (χ3v) is 6.96. The number of hydrogen-bond donors (Lipinski definition) is 1. The van der Waals surface area contributed by atoms with E-state index in [0.29, 0.717) is 25.3 Å². The molecular formula is C25H31N5O3. The molecule has 0 saturated carbocycles. The van der Waals surface area contributed by atoms with Crippen LogP contribution in [-0.4, -0.2) is 58.3 Å². The molecule has 0 radical (unpaired) electrons. The molecule has 3 aliphatic heterocycles. The van der Waals surface area contributed by atoms with Gasteiger partial charge in [-0.1, -0.05) is 12.1 Å². The average molecular weight is 450 g/mol. The van der Waals surface area contributed by atoms with Gasteiger partial charge in [0.05, 0.1) is 31.3 Å². The van der Waals surface area contributed by atoms with Crippen LogP contribution < -0.4 is 10.1 Å². The van der Waals surface area contributed by atoms with Gasteiger partial charge in [0.15, 0.2) is 5.82 Å². The molecule has 8 heteroatoms. The number of likely N-dealkylation sites (tertiary alicyclic amines) is 1. The maximum Gasteiger partial charge on any atom is 0.227 e. The lowest BCUT2D eigenvalue weighted by Crippen LogP contribution is -2.38. The molecule has 1 atom stereocenters. The number of carbonyl (C=O) groups excluding carboxylic acids is 2. The third-order valence-electron chi connectivity index (χ3n) is 6.96. The van der Waals surface area contributed by atoms with Crippen molar-refractivity contribution in [3.63, 3.8) is 0 Å². The Labute approximate surface area is 194 Å². The van der Waals surface area contributed by atoms with E-state index < -0.39 is 0 Å². The summed E-state index contributed by atoms with van der Waals surface area (Å²) in [5, 5.41) is 3.21. The van der Waals surface area contributed by atoms with Crippen molar-refractivity contribution in [2.45, 2.75) is 58.0 Å². The van der Waals surface area contributed by atoms with Crippen LogP contribution in [0.2, 0.25) is 0 Å². The van der Waals surface area contributed by atoms with Crippen LogP contribution in [0.1, 0.15) is 60.4 Å². The van der Waals surface area contributed by atoms with E-state index in [2.05, 4.69) is 11.4 Å². The molecule has 0 aliphatic carbocycles. The molecule has 2 amide bonds. The van der Waals surface area contributed by atoms with E-state index in [1.165, 1.54) is 5.56 Å². The second kappa shape index (κ2) is 9.00. The lowest BCUT2D eigenvalue weighted by Gasteiger charge is -2.31. The highest BCUT2D eigenvalue weighted by molar-refractivity contribution is 5.79. The van der Waals surface area contributed by atoms with Crippen molar-refractivity contribution in [1.29, 1.82) is 0 Å². The predicted octanol–water partition coefficient (Wildman–Crippen LogP) is 2.65. The maximum atomic E-state index is 13.2. The van der Waals surface area contributed by atoms with Gasteiger partial charge in [-0.05, 0) is 49.3 Å². The van der Waals surface area contributed by atoms with Gasteiger partial charge in [-0.15, -0.1) is 0 Å². The van der Waals surface area contributed by atoms with Crippen molar-refractivity contribution in [1.82, 2.24) is 19.8 Å². The molecule has 1 N–H and O–H groups in total. The van der Waals surface area contributed by atoms with Gasteiger partial charge in [-0.2, -0.15) is 0 Å². The Hall–Kier alpha value is -3.16. The largest absolute Gasteiger partial charge is 0.493 e. The number of fused-ring (bicyclic) bond motifs is 2. The van der Waals surface area contributed by atoms with Crippen LogP contribution in [-0.2, 0) is 35.4 Å². The fraction of sp³-hybridized carbons (Fsp3) is 0.520. The summed E-state index contributed by atoms with van der Waals surface area (Å²) in [5.74, 6) is 2.59. The smallest absolute Gasteiger partial charge is 0.227 e. The SMILES string of the molecule is CNc1nc([C@@H]2CCCN2C(C)=O)nc2c1CCN(C(=O)Cc1ccc3c(c1)CCCO3)C2. The summed E-state index contributed by atoms with van der Waals surface area (Å²) in [6.07, 6.45) is 4.93. The van der Waals surface area contributed by atoms with E-state index in [-0.39, 0.29) is 17.9 Å². The van der Waals surface area contributed by atoms with Crippen molar-refractivity contribution >= 4 is 17.6 Å². The monoisotopic (exact) mass is 449 g/mol. The van der Waals surface area contributed by atoms with Crippen molar-refractivity contribution in [3.05, 3.63) is 46.4 Å². The zero-order valence-electron chi connectivity index (χ0n) is 19.4. The van der Waals surface area contributed by atoms with Gasteiger partial charge in [-0.3, -0.25) is 9.59 Å². The molecule has 5 rings (SSSR count). The molecule has 174 valence electrons. The standard InChI is InChI=1S/C25H31N5O3/c1-16(31)30-10-3-6-21(30)25-27-20-15-29(11-9-19(20)24(26-2)28-25)23(32)14-17-7-8-22-18(13-17)5-4-12-33-22/h7-8,13,21H,3-6,9-12,14-15H2,1-2H3,(H,26,27,28)/t21-/m0/s1. The quantitative estimate of drug-likeness (QED) is 0.772. The highest BCUT2D eigenvalue weighted by atomic mass is 16.5. The van der Waals surface area contributed by atoms with E-state index in [0.717, 1.165) is 73.6 Å². The van der Waals surface area contributed by atoms with Crippen molar-refractivity contribution in [2.24, 2.45) is 0 Å². The Balaban J connectivity index is 1.35. The predicted molar refractivity (Wildman–Crippen MR) is 124 cm³/mol. The van der Waals surface area contributed by atoms with E-state index in [9.17, 15) is 9.59 Å². The number of aromatic nitrogens is 2. The Kier molecular flexibility index (Phi) is 5.91. The van der Waals surface area contributed by atoms with Crippen molar-refractivity contribution < 1.29 is 14.3 Å². The molecule has 0 unspecified atom stereocenters. The Morgan fingerprint density at radius 3 is 2.88 bits per heavy atom. The molecule has 1 fully saturated rings. The molecule has 1 saturated heterocycles. The number of nitrogens with zero attached hydrogens (tertiary/aromatic N) is 4. The lowest BCUT2D eigenvalue weighted by atomic mass is 10.0. The highest BCUT2D eigenvalue weighted by Crippen LogP contribution is 2.33. The van der Waals surface area contributed by atoms with Gasteiger partial charge in [0.2, 0.25) is 11.8 Å². The van der Waals surface area contributed by atoms with Gasteiger partial charge in [0.25, 0.3) is 0 Å². The summed E-state index contributed by atoms with van der Waals surface area (Å²) >= 11 is 0. The summed E-state index contributed by atoms with van der Waals surface area (Å²) in [5.41, 5.74) is 4.18. The zero-order valence-corrected chi connectivity index (χ0v) is 19.4. The summed E-state index contributed by atoms with van der Waals surface area (Å²) in [6, 6.07) is 6.00. The highest BCUT2D eigenvalue weighted by Gasteiger charge is 2.33.